The maximum Gasteiger partial charge on any atom is 0.208 e. The van der Waals surface area contributed by atoms with Crippen molar-refractivity contribution < 1.29 is 0 Å². The highest BCUT2D eigenvalue weighted by Crippen LogP contribution is 2.34. The minimum absolute atomic E-state index is 0.541. The molecule has 0 heterocycles. The maximum absolute atomic E-state index is 5.32. The van der Waals surface area contributed by atoms with Crippen molar-refractivity contribution >= 4 is 5.96 Å². The summed E-state index contributed by atoms with van der Waals surface area (Å²) in [6, 6.07) is 0.541. The smallest absolute Gasteiger partial charge is 0.208 e. The summed E-state index contributed by atoms with van der Waals surface area (Å²) in [4.78, 5) is 6.14. The Labute approximate surface area is 73.8 Å². The first kappa shape index (κ1) is 9.32. The first-order valence-corrected chi connectivity index (χ1v) is 4.37. The predicted octanol–water partition coefficient (Wildman–Crippen LogP) is 0.166. The number of hydrogen-bond acceptors (Lipinski definition) is 2. The summed E-state index contributed by atoms with van der Waals surface area (Å²) in [5.74, 6) is 6.91. The van der Waals surface area contributed by atoms with Crippen LogP contribution in [0.2, 0.25) is 0 Å². The molecule has 0 aromatic carbocycles. The molecular formula is C8H18N4. The van der Waals surface area contributed by atoms with Gasteiger partial charge in [-0.1, -0.05) is 0 Å². The van der Waals surface area contributed by atoms with Crippen LogP contribution < -0.4 is 11.3 Å². The second-order valence-corrected chi connectivity index (χ2v) is 3.38. The Balaban J connectivity index is 2.48. The van der Waals surface area contributed by atoms with E-state index in [1.165, 1.54) is 12.8 Å². The van der Waals surface area contributed by atoms with Gasteiger partial charge in [0.25, 0.3) is 0 Å². The number of nitrogens with zero attached hydrogens (tertiary/aromatic N) is 2. The fourth-order valence-electron chi connectivity index (χ4n) is 1.41. The number of nitrogens with one attached hydrogen (secondary N) is 1. The zero-order chi connectivity index (χ0) is 9.14. The van der Waals surface area contributed by atoms with Gasteiger partial charge in [-0.15, -0.1) is 0 Å². The first-order valence-electron chi connectivity index (χ1n) is 4.37. The number of rotatable bonds is 2. The molecule has 0 radical (unpaired) electrons. The molecule has 4 heteroatoms. The van der Waals surface area contributed by atoms with Crippen molar-refractivity contribution in [2.75, 3.05) is 14.1 Å². The zero-order valence-corrected chi connectivity index (χ0v) is 8.04. The average molecular weight is 170 g/mol. The number of hydrazine groups is 1. The van der Waals surface area contributed by atoms with Gasteiger partial charge in [0, 0.05) is 20.1 Å². The molecule has 0 saturated heterocycles. The summed E-state index contributed by atoms with van der Waals surface area (Å²) < 4.78 is 0. The Morgan fingerprint density at radius 2 is 2.25 bits per heavy atom. The number of hydrogen-bond donors (Lipinski definition) is 2. The number of aliphatic imine (C=N–C) groups is 1. The molecule has 3 N–H and O–H groups in total. The van der Waals surface area contributed by atoms with Crippen molar-refractivity contribution in [2.45, 2.75) is 25.8 Å². The Kier molecular flexibility index (Phi) is 2.92. The van der Waals surface area contributed by atoms with Crippen molar-refractivity contribution in [3.63, 3.8) is 0 Å². The Bertz CT molecular complexity index is 174. The van der Waals surface area contributed by atoms with E-state index in [1.807, 2.05) is 7.05 Å². The maximum atomic E-state index is 5.32. The van der Waals surface area contributed by atoms with Gasteiger partial charge in [0.2, 0.25) is 5.96 Å². The van der Waals surface area contributed by atoms with Crippen LogP contribution >= 0.6 is 0 Å². The van der Waals surface area contributed by atoms with Crippen LogP contribution in [-0.2, 0) is 0 Å². The van der Waals surface area contributed by atoms with Gasteiger partial charge in [-0.05, 0) is 25.7 Å². The SMILES string of the molecule is CN=C(NN)N(C)C(C)C1CC1. The lowest BCUT2D eigenvalue weighted by atomic mass is 10.2. The topological polar surface area (TPSA) is 53.6 Å². The zero-order valence-electron chi connectivity index (χ0n) is 8.04. The van der Waals surface area contributed by atoms with Crippen LogP contribution in [-0.4, -0.2) is 31.0 Å². The second-order valence-electron chi connectivity index (χ2n) is 3.38. The predicted molar refractivity (Wildman–Crippen MR) is 50.6 cm³/mol. The van der Waals surface area contributed by atoms with E-state index in [1.54, 1.807) is 7.05 Å². The molecule has 4 nitrogen and oxygen atoms in total. The average Bonchev–Trinajstić information content (AvgIpc) is 2.87. The van der Waals surface area contributed by atoms with E-state index < -0.39 is 0 Å². The van der Waals surface area contributed by atoms with Gasteiger partial charge in [-0.3, -0.25) is 10.4 Å². The molecule has 0 aromatic heterocycles. The second kappa shape index (κ2) is 3.76. The number of guanidine groups is 1. The Hall–Kier alpha value is -0.770. The highest BCUT2D eigenvalue weighted by atomic mass is 15.4. The molecular weight excluding hydrogens is 152 g/mol. The van der Waals surface area contributed by atoms with Crippen molar-refractivity contribution in [1.29, 1.82) is 0 Å². The summed E-state index contributed by atoms with van der Waals surface area (Å²) >= 11 is 0. The molecule has 0 amide bonds. The van der Waals surface area contributed by atoms with Crippen molar-refractivity contribution in [1.82, 2.24) is 10.3 Å². The van der Waals surface area contributed by atoms with E-state index in [-0.39, 0.29) is 0 Å². The lowest BCUT2D eigenvalue weighted by Crippen LogP contribution is -2.47. The quantitative estimate of drug-likeness (QED) is 0.269. The lowest BCUT2D eigenvalue weighted by molar-refractivity contribution is 0.342. The molecule has 1 saturated carbocycles. The van der Waals surface area contributed by atoms with Crippen LogP contribution in [0.5, 0.6) is 0 Å². The summed E-state index contributed by atoms with van der Waals surface area (Å²) in [6.45, 7) is 2.21. The van der Waals surface area contributed by atoms with Gasteiger partial charge in [0.15, 0.2) is 0 Å². The van der Waals surface area contributed by atoms with Crippen molar-refractivity contribution in [3.8, 4) is 0 Å². The minimum atomic E-state index is 0.541. The molecule has 1 rings (SSSR count). The largest absolute Gasteiger partial charge is 0.342 e. The van der Waals surface area contributed by atoms with Crippen LogP contribution in [0, 0.1) is 5.92 Å². The standard InChI is InChI=1S/C8H18N4/c1-6(7-4-5-7)12(3)8(10-2)11-9/h6-7H,4-5,9H2,1-3H3,(H,10,11). The summed E-state index contributed by atoms with van der Waals surface area (Å²) in [7, 11) is 3.76. The van der Waals surface area contributed by atoms with Gasteiger partial charge >= 0.3 is 0 Å². The van der Waals surface area contributed by atoms with E-state index in [2.05, 4.69) is 22.2 Å². The van der Waals surface area contributed by atoms with E-state index in [4.69, 9.17) is 5.84 Å². The molecule has 0 bridgehead atoms. The third-order valence-electron chi connectivity index (χ3n) is 2.59. The van der Waals surface area contributed by atoms with Crippen LogP contribution in [0.15, 0.2) is 4.99 Å². The molecule has 12 heavy (non-hydrogen) atoms. The van der Waals surface area contributed by atoms with Gasteiger partial charge in [-0.2, -0.15) is 0 Å². The molecule has 0 aromatic rings. The van der Waals surface area contributed by atoms with Crippen molar-refractivity contribution in [2.24, 2.45) is 16.8 Å². The minimum Gasteiger partial charge on any atom is -0.342 e. The van der Waals surface area contributed by atoms with E-state index in [0.717, 1.165) is 11.9 Å². The Morgan fingerprint density at radius 3 is 2.58 bits per heavy atom. The van der Waals surface area contributed by atoms with Gasteiger partial charge < -0.3 is 4.90 Å². The molecule has 1 aliphatic carbocycles. The van der Waals surface area contributed by atoms with Crippen LogP contribution in [0.1, 0.15) is 19.8 Å². The molecule has 70 valence electrons. The van der Waals surface area contributed by atoms with Gasteiger partial charge in [0.1, 0.15) is 0 Å². The Morgan fingerprint density at radius 1 is 1.67 bits per heavy atom. The van der Waals surface area contributed by atoms with Gasteiger partial charge in [0.05, 0.1) is 0 Å². The molecule has 0 aliphatic heterocycles. The summed E-state index contributed by atoms with van der Waals surface area (Å²) in [5, 5.41) is 0. The monoisotopic (exact) mass is 170 g/mol. The van der Waals surface area contributed by atoms with E-state index >= 15 is 0 Å². The lowest BCUT2D eigenvalue weighted by Gasteiger charge is -2.27. The highest BCUT2D eigenvalue weighted by Gasteiger charge is 2.31. The normalized spacial score (nSPS) is 20.5. The molecule has 1 fully saturated rings. The van der Waals surface area contributed by atoms with Gasteiger partial charge in [-0.25, -0.2) is 5.84 Å². The van der Waals surface area contributed by atoms with Crippen LogP contribution in [0.25, 0.3) is 0 Å². The fourth-order valence-corrected chi connectivity index (χ4v) is 1.41. The van der Waals surface area contributed by atoms with Crippen LogP contribution in [0.4, 0.5) is 0 Å². The third-order valence-corrected chi connectivity index (χ3v) is 2.59. The number of nitrogens with two attached hydrogens (primary N) is 1. The summed E-state index contributed by atoms with van der Waals surface area (Å²) in [5.41, 5.74) is 2.59. The molecule has 1 atom stereocenters. The molecule has 1 unspecified atom stereocenters. The fraction of sp³-hybridized carbons (Fsp3) is 0.875. The molecule has 1 aliphatic rings. The third kappa shape index (κ3) is 1.88. The van der Waals surface area contributed by atoms with E-state index in [9.17, 15) is 0 Å². The van der Waals surface area contributed by atoms with E-state index in [0.29, 0.717) is 6.04 Å². The summed E-state index contributed by atoms with van der Waals surface area (Å²) in [6.07, 6.45) is 2.68. The van der Waals surface area contributed by atoms with Crippen molar-refractivity contribution in [3.05, 3.63) is 0 Å². The van der Waals surface area contributed by atoms with Crippen LogP contribution in [0.3, 0.4) is 0 Å². The molecule has 0 spiro atoms. The first-order chi connectivity index (χ1) is 5.70. The highest BCUT2D eigenvalue weighted by molar-refractivity contribution is 5.79.